The van der Waals surface area contributed by atoms with Crippen LogP contribution < -0.4 is 9.80 Å². The first-order valence-corrected chi connectivity index (χ1v) is 37.4. The Morgan fingerprint density at radius 2 is 0.769 bits per heavy atom. The fourth-order valence-corrected chi connectivity index (χ4v) is 18.1. The molecule has 2 unspecified atom stereocenters. The normalized spacial score (nSPS) is 15.6. The third kappa shape index (κ3) is 10.4. The van der Waals surface area contributed by atoms with E-state index in [0.29, 0.717) is 0 Å². The number of aryl methyl sites for hydroxylation is 2. The summed E-state index contributed by atoms with van der Waals surface area (Å²) >= 11 is 0. The lowest BCUT2D eigenvalue weighted by Gasteiger charge is -2.37. The van der Waals surface area contributed by atoms with Crippen LogP contribution in [0.5, 0.6) is 0 Å². The largest absolute Gasteiger partial charge is 0.309 e. The molecule has 0 saturated carbocycles. The summed E-state index contributed by atoms with van der Waals surface area (Å²) in [7, 11) is 0. The van der Waals surface area contributed by atoms with Crippen molar-refractivity contribution in [1.29, 1.82) is 0 Å². The maximum atomic E-state index is 4.18. The standard InChI is InChI=1S/C102H82N2/c1-5-9-27-71-49-57-89-91(65-71)83(61-63-99(89)103(97-43-25-31-73-29-17-19-37-81(73)97)79-55-59-87-85-39-21-23-41-93(85)101(95(87)67-79,75-33-13-11-14-34-75)77-51-45-69(7-3)46-52-77)84-62-64-100(90-58-50-72(28-10-6-2)66-92(84)90)104(98-44-26-32-74-30-18-20-38-82(74)98)80-56-60-88-86-40-22-24-42-94(86)102(96(88)68-80,76-35-15-12-16-36-76)78-53-47-70(8-4)48-54-78/h7-8,11-23,25-26,29-41,43-68H,3-6,9-10,24,27-28,42H2,1-2H3. The van der Waals surface area contributed by atoms with Gasteiger partial charge in [-0.25, -0.2) is 0 Å². The zero-order valence-corrected chi connectivity index (χ0v) is 59.3. The van der Waals surface area contributed by atoms with Crippen LogP contribution in [0.25, 0.3) is 83.1 Å². The van der Waals surface area contributed by atoms with Crippen LogP contribution in [0.1, 0.15) is 119 Å². The first kappa shape index (κ1) is 64.0. The van der Waals surface area contributed by atoms with E-state index in [1.807, 2.05) is 12.2 Å². The van der Waals surface area contributed by atoms with Crippen LogP contribution in [0.4, 0.5) is 34.1 Å². The Morgan fingerprint density at radius 1 is 0.337 bits per heavy atom. The molecule has 0 N–H and O–H groups in total. The van der Waals surface area contributed by atoms with E-state index < -0.39 is 10.8 Å². The van der Waals surface area contributed by atoms with Crippen molar-refractivity contribution < 1.29 is 0 Å². The summed E-state index contributed by atoms with van der Waals surface area (Å²) in [6.07, 6.45) is 17.1. The van der Waals surface area contributed by atoms with Crippen LogP contribution in [0.3, 0.4) is 0 Å². The second-order valence-electron chi connectivity index (χ2n) is 28.6. The number of hydrogen-bond donors (Lipinski definition) is 0. The van der Waals surface area contributed by atoms with E-state index in [0.717, 1.165) is 96.6 Å². The summed E-state index contributed by atoms with van der Waals surface area (Å²) < 4.78 is 0. The third-order valence-corrected chi connectivity index (χ3v) is 23.0. The van der Waals surface area contributed by atoms with Crippen LogP contribution in [0.15, 0.2) is 346 Å². The maximum Gasteiger partial charge on any atom is 0.0714 e. The first-order chi connectivity index (χ1) is 51.4. The van der Waals surface area contributed by atoms with Crippen LogP contribution in [0.2, 0.25) is 0 Å². The van der Waals surface area contributed by atoms with Crippen molar-refractivity contribution in [3.63, 3.8) is 0 Å². The summed E-state index contributed by atoms with van der Waals surface area (Å²) in [5.41, 5.74) is 28.3. The van der Waals surface area contributed by atoms with Crippen molar-refractivity contribution in [2.45, 2.75) is 76.0 Å². The van der Waals surface area contributed by atoms with Crippen molar-refractivity contribution >= 4 is 94.9 Å². The van der Waals surface area contributed by atoms with Gasteiger partial charge >= 0.3 is 0 Å². The fraction of sp³-hybridized carbons (Fsp3) is 0.118. The molecule has 3 aliphatic rings. The Hall–Kier alpha value is -12.1. The zero-order chi connectivity index (χ0) is 69.9. The summed E-state index contributed by atoms with van der Waals surface area (Å²) in [6, 6.07) is 121. The van der Waals surface area contributed by atoms with Crippen LogP contribution in [-0.2, 0) is 23.7 Å². The third-order valence-electron chi connectivity index (χ3n) is 23.0. The highest BCUT2D eigenvalue weighted by Crippen LogP contribution is 2.61. The molecule has 0 spiro atoms. The summed E-state index contributed by atoms with van der Waals surface area (Å²) in [6.45, 7) is 13.0. The smallest absolute Gasteiger partial charge is 0.0714 e. The summed E-state index contributed by atoms with van der Waals surface area (Å²) in [5.74, 6) is 0. The van der Waals surface area contributed by atoms with Gasteiger partial charge in [-0.3, -0.25) is 0 Å². The van der Waals surface area contributed by atoms with Crippen LogP contribution >= 0.6 is 0 Å². The summed E-state index contributed by atoms with van der Waals surface area (Å²) in [4.78, 5) is 5.17. The molecule has 500 valence electrons. The minimum atomic E-state index is -0.625. The highest BCUT2D eigenvalue weighted by atomic mass is 15.2. The number of hydrogen-bond acceptors (Lipinski definition) is 2. The van der Waals surface area contributed by atoms with Gasteiger partial charge in [-0.1, -0.05) is 331 Å². The van der Waals surface area contributed by atoms with Crippen molar-refractivity contribution in [2.75, 3.05) is 9.80 Å². The molecule has 2 atom stereocenters. The number of rotatable bonds is 19. The second-order valence-corrected chi connectivity index (χ2v) is 28.6. The van der Waals surface area contributed by atoms with Gasteiger partial charge in [-0.05, 0) is 209 Å². The predicted molar refractivity (Wildman–Crippen MR) is 444 cm³/mol. The molecule has 0 aliphatic heterocycles. The van der Waals surface area contributed by atoms with Gasteiger partial charge in [-0.15, -0.1) is 0 Å². The quantitative estimate of drug-likeness (QED) is 0.0796. The van der Waals surface area contributed by atoms with E-state index in [1.165, 1.54) is 132 Å². The van der Waals surface area contributed by atoms with Gasteiger partial charge in [-0.2, -0.15) is 0 Å². The minimum absolute atomic E-state index is 0.541. The molecule has 0 radical (unpaired) electrons. The number of nitrogens with zero attached hydrogens (tertiary/aromatic N) is 2. The average Bonchev–Trinajstić information content (AvgIpc) is 1.53. The van der Waals surface area contributed by atoms with Gasteiger partial charge in [0.1, 0.15) is 0 Å². The zero-order valence-electron chi connectivity index (χ0n) is 59.3. The molecule has 3 aliphatic carbocycles. The van der Waals surface area contributed by atoms with Crippen molar-refractivity contribution in [3.05, 3.63) is 413 Å². The molecular weight excluding hydrogens is 1250 g/mol. The van der Waals surface area contributed by atoms with Crippen molar-refractivity contribution in [2.24, 2.45) is 0 Å². The van der Waals surface area contributed by atoms with Gasteiger partial charge < -0.3 is 9.80 Å². The fourth-order valence-electron chi connectivity index (χ4n) is 18.1. The highest BCUT2D eigenvalue weighted by molar-refractivity contribution is 6.15. The van der Waals surface area contributed by atoms with Gasteiger partial charge in [0.15, 0.2) is 0 Å². The molecule has 2 nitrogen and oxygen atoms in total. The Bertz CT molecular complexity index is 5920. The van der Waals surface area contributed by atoms with Gasteiger partial charge in [0, 0.05) is 32.9 Å². The van der Waals surface area contributed by atoms with E-state index in [-0.39, 0.29) is 0 Å². The molecule has 0 saturated heterocycles. The first-order valence-electron chi connectivity index (χ1n) is 37.4. The van der Waals surface area contributed by atoms with Crippen molar-refractivity contribution in [1.82, 2.24) is 0 Å². The maximum absolute atomic E-state index is 4.18. The Labute approximate surface area is 612 Å². The van der Waals surface area contributed by atoms with E-state index in [2.05, 4.69) is 364 Å². The number of fused-ring (bicyclic) bond motifs is 9. The molecule has 15 aromatic carbocycles. The van der Waals surface area contributed by atoms with Crippen LogP contribution in [-0.4, -0.2) is 0 Å². The Balaban J connectivity index is 0.877. The van der Waals surface area contributed by atoms with Crippen molar-refractivity contribution in [3.8, 4) is 22.3 Å². The van der Waals surface area contributed by atoms with Crippen LogP contribution in [0, 0.1) is 0 Å². The Kier molecular flexibility index (Phi) is 16.4. The minimum Gasteiger partial charge on any atom is -0.309 e. The molecule has 104 heavy (non-hydrogen) atoms. The number of allylic oxidation sites excluding steroid dienone is 4. The van der Waals surface area contributed by atoms with E-state index in [9.17, 15) is 0 Å². The summed E-state index contributed by atoms with van der Waals surface area (Å²) in [5, 5.41) is 9.63. The number of unbranched alkanes of at least 4 members (excludes halogenated alkanes) is 2. The lowest BCUT2D eigenvalue weighted by atomic mass is 9.65. The van der Waals surface area contributed by atoms with Gasteiger partial charge in [0.05, 0.1) is 33.6 Å². The van der Waals surface area contributed by atoms with E-state index in [4.69, 9.17) is 0 Å². The Morgan fingerprint density at radius 3 is 1.31 bits per heavy atom. The van der Waals surface area contributed by atoms with Gasteiger partial charge in [0.25, 0.3) is 0 Å². The highest BCUT2D eigenvalue weighted by Gasteiger charge is 2.49. The molecule has 2 heteroatoms. The molecule has 0 aromatic heterocycles. The molecule has 0 amide bonds. The monoisotopic (exact) mass is 1330 g/mol. The molecular formula is C102H82N2. The number of benzene rings is 15. The second kappa shape index (κ2) is 26.7. The molecule has 0 bridgehead atoms. The van der Waals surface area contributed by atoms with E-state index >= 15 is 0 Å². The lowest BCUT2D eigenvalue weighted by Crippen LogP contribution is -2.30. The molecule has 0 heterocycles. The lowest BCUT2D eigenvalue weighted by molar-refractivity contribution is 0.696. The number of anilines is 6. The molecule has 18 rings (SSSR count). The molecule has 0 fully saturated rings. The van der Waals surface area contributed by atoms with Gasteiger partial charge in [0.2, 0.25) is 0 Å². The molecule has 15 aromatic rings. The van der Waals surface area contributed by atoms with E-state index in [1.54, 1.807) is 0 Å². The average molecular weight is 1340 g/mol. The topological polar surface area (TPSA) is 6.48 Å². The predicted octanol–water partition coefficient (Wildman–Crippen LogP) is 27.7. The SMILES string of the molecule is C=Cc1ccc(C2(c3ccccc3)C3=C(C=CCC3)c3ccc(N(c4cccc5ccccc45)c4ccc(-c5ccc(N(c6ccc7c(c6)C(c6ccccc6)(c6ccc(C=C)cc6)c6ccccc6-7)c6cccc7ccccc67)c6ccc(CCCC)cc56)c5cc(CCCC)ccc45)cc32)cc1.